The Morgan fingerprint density at radius 1 is 1.50 bits per heavy atom. The van der Waals surface area contributed by atoms with E-state index in [-0.39, 0.29) is 17.3 Å². The molecule has 0 heterocycles. The molecule has 0 aromatic heterocycles. The Morgan fingerprint density at radius 3 is 2.77 bits per heavy atom. The summed E-state index contributed by atoms with van der Waals surface area (Å²) in [6.45, 7) is 12.4. The van der Waals surface area contributed by atoms with Crippen molar-refractivity contribution in [2.75, 3.05) is 0 Å². The highest BCUT2D eigenvalue weighted by Crippen LogP contribution is 2.61. The Labute approximate surface area is 135 Å². The van der Waals surface area contributed by atoms with E-state index in [9.17, 15) is 9.90 Å². The van der Waals surface area contributed by atoms with Gasteiger partial charge in [0.15, 0.2) is 0 Å². The molecule has 0 saturated heterocycles. The van der Waals surface area contributed by atoms with Crippen molar-refractivity contribution in [3.8, 4) is 0 Å². The molecule has 0 aromatic rings. The second kappa shape index (κ2) is 6.06. The highest BCUT2D eigenvalue weighted by molar-refractivity contribution is 5.76. The number of hydrogen-bond acceptors (Lipinski definition) is 1. The van der Waals surface area contributed by atoms with E-state index in [2.05, 4.69) is 39.5 Å². The summed E-state index contributed by atoms with van der Waals surface area (Å²) in [5, 5.41) is 10.2. The van der Waals surface area contributed by atoms with Crippen molar-refractivity contribution in [1.82, 2.24) is 0 Å². The minimum absolute atomic E-state index is 0.0407. The van der Waals surface area contributed by atoms with Crippen LogP contribution in [0.3, 0.4) is 0 Å². The van der Waals surface area contributed by atoms with Crippen LogP contribution < -0.4 is 0 Å². The summed E-state index contributed by atoms with van der Waals surface area (Å²) in [5.41, 5.74) is 1.86. The van der Waals surface area contributed by atoms with Crippen molar-refractivity contribution in [1.29, 1.82) is 0 Å². The topological polar surface area (TPSA) is 37.3 Å². The number of hydrogen-bond donors (Lipinski definition) is 1. The van der Waals surface area contributed by atoms with Gasteiger partial charge in [0, 0.05) is 0 Å². The first-order chi connectivity index (χ1) is 10.3. The molecule has 0 aliphatic heterocycles. The molecule has 4 atom stereocenters. The van der Waals surface area contributed by atoms with Gasteiger partial charge in [0.1, 0.15) is 0 Å². The molecule has 0 bridgehead atoms. The van der Waals surface area contributed by atoms with Crippen LogP contribution in [-0.2, 0) is 4.79 Å². The molecule has 1 fully saturated rings. The van der Waals surface area contributed by atoms with Crippen molar-refractivity contribution < 1.29 is 9.90 Å². The van der Waals surface area contributed by atoms with E-state index in [4.69, 9.17) is 0 Å². The van der Waals surface area contributed by atoms with Crippen molar-refractivity contribution in [2.45, 2.75) is 59.8 Å². The van der Waals surface area contributed by atoms with Crippen LogP contribution in [0, 0.1) is 22.7 Å². The van der Waals surface area contributed by atoms with Crippen LogP contribution in [0.15, 0.2) is 36.0 Å². The summed E-state index contributed by atoms with van der Waals surface area (Å²) in [7, 11) is 0. The standard InChI is InChI=1S/C20H30O2/c1-6-14(2)10-13-20(18(21)22)16(4)11-12-19(5)15(3)8-7-9-17(19)20/h6,8,10,16-17H,1,7,9,11-13H2,2-5H3,(H,21,22)/b14-10-/t16-,17+,19+,20-/m1/s1/i7+1,8+1,12+1,13+1,19+1,20+1. The largest absolute Gasteiger partial charge is 0.481 e. The fraction of sp³-hybridized carbons (Fsp3) is 0.650. The molecule has 1 saturated carbocycles. The fourth-order valence-corrected chi connectivity index (χ4v) is 4.81. The van der Waals surface area contributed by atoms with Gasteiger partial charge in [-0.3, -0.25) is 4.79 Å². The zero-order valence-electron chi connectivity index (χ0n) is 14.5. The number of rotatable bonds is 4. The Bertz CT molecular complexity index is 528. The molecule has 2 heteroatoms. The highest BCUT2D eigenvalue weighted by Gasteiger charge is 2.59. The number of fused-ring (bicyclic) bond motifs is 1. The third-order valence-corrected chi connectivity index (χ3v) is 6.66. The molecule has 1 N–H and O–H groups in total. The number of carboxylic acid groups (broad SMARTS) is 1. The third kappa shape index (κ3) is 2.47. The maximum Gasteiger partial charge on any atom is 0.310 e. The van der Waals surface area contributed by atoms with Crippen molar-refractivity contribution >= 4 is 5.97 Å². The van der Waals surface area contributed by atoms with Gasteiger partial charge in [0.25, 0.3) is 0 Å². The molecular weight excluding hydrogens is 278 g/mol. The Balaban J connectivity index is 2.51. The SMILES string of the molecule is C=C/C(C)=C\[13CH2][13C@@]1(C(=O)O)[C@H](C)C[13CH2][13C@@]2(C)C(C)=[13CH][13CH2]C[C@H]12. The molecule has 0 spiro atoms. The lowest BCUT2D eigenvalue weighted by Crippen LogP contribution is -2.55. The second-order valence-corrected chi connectivity index (χ2v) is 7.58. The molecule has 0 amide bonds. The summed E-state index contributed by atoms with van der Waals surface area (Å²) in [4.78, 5) is 12.4. The Morgan fingerprint density at radius 2 is 2.18 bits per heavy atom. The van der Waals surface area contributed by atoms with E-state index in [0.717, 1.165) is 31.3 Å². The Hall–Kier alpha value is -1.31. The highest BCUT2D eigenvalue weighted by atomic mass is 16.4. The lowest BCUT2D eigenvalue weighted by Gasteiger charge is -2.56. The minimum atomic E-state index is -0.646. The summed E-state index contributed by atoms with van der Waals surface area (Å²) < 4.78 is 0. The maximum atomic E-state index is 12.4. The normalized spacial score (nSPS) is 38.9. The van der Waals surface area contributed by atoms with Gasteiger partial charge < -0.3 is 5.11 Å². The molecule has 0 unspecified atom stereocenters. The van der Waals surface area contributed by atoms with Gasteiger partial charge in [0.05, 0.1) is 5.41 Å². The van der Waals surface area contributed by atoms with Crippen LogP contribution in [0.1, 0.15) is 59.8 Å². The van der Waals surface area contributed by atoms with Gasteiger partial charge in [-0.1, -0.05) is 49.8 Å². The number of carbonyl (C=O) groups is 1. The smallest absolute Gasteiger partial charge is 0.310 e. The van der Waals surface area contributed by atoms with Gasteiger partial charge in [0.2, 0.25) is 0 Å². The van der Waals surface area contributed by atoms with Crippen LogP contribution in [0.4, 0.5) is 0 Å². The molecule has 0 aromatic carbocycles. The summed E-state index contributed by atoms with van der Waals surface area (Å²) in [5.74, 6) is -0.179. The second-order valence-electron chi connectivity index (χ2n) is 7.58. The van der Waals surface area contributed by atoms with E-state index >= 15 is 0 Å². The van der Waals surface area contributed by atoms with E-state index in [1.165, 1.54) is 5.57 Å². The fourth-order valence-electron chi connectivity index (χ4n) is 4.81. The van der Waals surface area contributed by atoms with Crippen LogP contribution in [0.25, 0.3) is 0 Å². The quantitative estimate of drug-likeness (QED) is 0.430. The number of carboxylic acids is 1. The van der Waals surface area contributed by atoms with E-state index in [0.29, 0.717) is 6.42 Å². The molecule has 22 heavy (non-hydrogen) atoms. The van der Waals surface area contributed by atoms with Gasteiger partial charge in [-0.15, -0.1) is 0 Å². The average molecular weight is 308 g/mol. The predicted molar refractivity (Wildman–Crippen MR) is 91.6 cm³/mol. The lowest BCUT2D eigenvalue weighted by molar-refractivity contribution is -0.167. The Kier molecular flexibility index (Phi) is 4.70. The summed E-state index contributed by atoms with van der Waals surface area (Å²) in [6.07, 6.45) is 10.9. The van der Waals surface area contributed by atoms with Crippen LogP contribution in [0.5, 0.6) is 0 Å². The molecule has 122 valence electrons. The van der Waals surface area contributed by atoms with Crippen LogP contribution in [0.2, 0.25) is 0 Å². The molecule has 2 nitrogen and oxygen atoms in total. The summed E-state index contributed by atoms with van der Waals surface area (Å²) in [6, 6.07) is 0. The number of aliphatic carboxylic acids is 1. The van der Waals surface area contributed by atoms with E-state index in [1.54, 1.807) is 0 Å². The summed E-state index contributed by atoms with van der Waals surface area (Å²) >= 11 is 0. The first kappa shape index (κ1) is 17.1. The van der Waals surface area contributed by atoms with Gasteiger partial charge in [-0.25, -0.2) is 0 Å². The van der Waals surface area contributed by atoms with E-state index < -0.39 is 11.4 Å². The van der Waals surface area contributed by atoms with Gasteiger partial charge >= 0.3 is 5.97 Å². The predicted octanol–water partition coefficient (Wildman–Crippen LogP) is 5.37. The maximum absolute atomic E-state index is 12.4. The van der Waals surface area contributed by atoms with Crippen LogP contribution >= 0.6 is 0 Å². The minimum Gasteiger partial charge on any atom is -0.481 e. The monoisotopic (exact) mass is 308 g/mol. The van der Waals surface area contributed by atoms with Crippen molar-refractivity contribution in [3.63, 3.8) is 0 Å². The third-order valence-electron chi connectivity index (χ3n) is 6.66. The molecule has 2 aliphatic rings. The van der Waals surface area contributed by atoms with Gasteiger partial charge in [-0.05, 0) is 63.2 Å². The average Bonchev–Trinajstić information content (AvgIpc) is 2.48. The van der Waals surface area contributed by atoms with Crippen molar-refractivity contribution in [2.24, 2.45) is 22.7 Å². The molecule has 2 rings (SSSR count). The molecular formula is C20H30O2. The molecule has 2 aliphatic carbocycles. The first-order valence-electron chi connectivity index (χ1n) is 8.49. The zero-order valence-corrected chi connectivity index (χ0v) is 14.5. The zero-order chi connectivity index (χ0) is 16.5. The van der Waals surface area contributed by atoms with Crippen molar-refractivity contribution in [3.05, 3.63) is 36.0 Å². The lowest BCUT2D eigenvalue weighted by atomic mass is 9.87. The first-order valence-corrected chi connectivity index (χ1v) is 8.49. The van der Waals surface area contributed by atoms with E-state index in [1.807, 2.05) is 13.0 Å². The van der Waals surface area contributed by atoms with Gasteiger partial charge in [-0.2, -0.15) is 0 Å². The van der Waals surface area contributed by atoms with Crippen LogP contribution in [-0.4, -0.2) is 11.1 Å². The molecule has 0 radical (unpaired) electrons. The number of allylic oxidation sites excluding steroid dienone is 5.